The van der Waals surface area contributed by atoms with Crippen molar-refractivity contribution in [1.82, 2.24) is 5.32 Å². The van der Waals surface area contributed by atoms with Gasteiger partial charge in [-0.05, 0) is 39.2 Å². The van der Waals surface area contributed by atoms with Crippen molar-refractivity contribution < 1.29 is 9.47 Å². The minimum absolute atomic E-state index is 0.358. The van der Waals surface area contributed by atoms with E-state index in [1.165, 1.54) is 19.3 Å². The Kier molecular flexibility index (Phi) is 6.98. The molecule has 3 nitrogen and oxygen atoms in total. The van der Waals surface area contributed by atoms with Gasteiger partial charge in [-0.15, -0.1) is 0 Å². The molecule has 0 aromatic rings. The van der Waals surface area contributed by atoms with Gasteiger partial charge < -0.3 is 14.8 Å². The second kappa shape index (κ2) is 8.08. The van der Waals surface area contributed by atoms with E-state index in [4.69, 9.17) is 9.47 Å². The normalized spacial score (nSPS) is 24.0. The standard InChI is InChI=1S/C12H25NO2/c1-3-8-13-11(10-14-4-2)12-7-5-6-9-15-12/h11-13H,3-10H2,1-2H3. The predicted molar refractivity (Wildman–Crippen MR) is 62.2 cm³/mol. The molecule has 1 heterocycles. The van der Waals surface area contributed by atoms with Crippen LogP contribution >= 0.6 is 0 Å². The molecule has 1 aliphatic heterocycles. The van der Waals surface area contributed by atoms with E-state index in [0.29, 0.717) is 12.1 Å². The summed E-state index contributed by atoms with van der Waals surface area (Å²) in [5.41, 5.74) is 0. The van der Waals surface area contributed by atoms with Crippen LogP contribution in [0.4, 0.5) is 0 Å². The van der Waals surface area contributed by atoms with Crippen molar-refractivity contribution in [3.63, 3.8) is 0 Å². The van der Waals surface area contributed by atoms with Crippen LogP contribution in [-0.2, 0) is 9.47 Å². The quantitative estimate of drug-likeness (QED) is 0.704. The summed E-state index contributed by atoms with van der Waals surface area (Å²) in [5, 5.41) is 3.52. The first-order valence-electron chi connectivity index (χ1n) is 6.31. The summed E-state index contributed by atoms with van der Waals surface area (Å²) < 4.78 is 11.3. The average Bonchev–Trinajstić information content (AvgIpc) is 2.30. The van der Waals surface area contributed by atoms with Crippen LogP contribution in [0.5, 0.6) is 0 Å². The van der Waals surface area contributed by atoms with Gasteiger partial charge in [0.25, 0.3) is 0 Å². The molecule has 1 saturated heterocycles. The van der Waals surface area contributed by atoms with E-state index in [9.17, 15) is 0 Å². The SMILES string of the molecule is CCCNC(COCC)C1CCCCO1. The zero-order valence-corrected chi connectivity index (χ0v) is 10.1. The van der Waals surface area contributed by atoms with Crippen LogP contribution in [0.15, 0.2) is 0 Å². The van der Waals surface area contributed by atoms with Crippen LogP contribution in [0.3, 0.4) is 0 Å². The van der Waals surface area contributed by atoms with Gasteiger partial charge in [0, 0.05) is 13.2 Å². The first kappa shape index (κ1) is 12.9. The van der Waals surface area contributed by atoms with Gasteiger partial charge in [-0.3, -0.25) is 0 Å². The van der Waals surface area contributed by atoms with Crippen molar-refractivity contribution in [1.29, 1.82) is 0 Å². The van der Waals surface area contributed by atoms with E-state index >= 15 is 0 Å². The van der Waals surface area contributed by atoms with Gasteiger partial charge in [-0.2, -0.15) is 0 Å². The van der Waals surface area contributed by atoms with Crippen LogP contribution < -0.4 is 5.32 Å². The molecule has 2 unspecified atom stereocenters. The van der Waals surface area contributed by atoms with Crippen LogP contribution in [0.2, 0.25) is 0 Å². The monoisotopic (exact) mass is 215 g/mol. The summed E-state index contributed by atoms with van der Waals surface area (Å²) in [4.78, 5) is 0. The molecular weight excluding hydrogens is 190 g/mol. The fraction of sp³-hybridized carbons (Fsp3) is 1.00. The zero-order valence-electron chi connectivity index (χ0n) is 10.1. The van der Waals surface area contributed by atoms with Gasteiger partial charge in [-0.25, -0.2) is 0 Å². The topological polar surface area (TPSA) is 30.5 Å². The molecule has 90 valence electrons. The average molecular weight is 215 g/mol. The molecule has 0 aromatic heterocycles. The number of hydrogen-bond donors (Lipinski definition) is 1. The molecular formula is C12H25NO2. The highest BCUT2D eigenvalue weighted by Gasteiger charge is 2.23. The Hall–Kier alpha value is -0.120. The molecule has 0 saturated carbocycles. The Morgan fingerprint density at radius 2 is 2.27 bits per heavy atom. The molecule has 3 heteroatoms. The molecule has 1 fully saturated rings. The maximum atomic E-state index is 5.79. The number of nitrogens with one attached hydrogen (secondary N) is 1. The third kappa shape index (κ3) is 4.96. The number of ether oxygens (including phenoxy) is 2. The summed E-state index contributed by atoms with van der Waals surface area (Å²) in [6.07, 6.45) is 5.20. The molecule has 0 amide bonds. The predicted octanol–water partition coefficient (Wildman–Crippen LogP) is 1.96. The highest BCUT2D eigenvalue weighted by atomic mass is 16.5. The number of hydrogen-bond acceptors (Lipinski definition) is 3. The van der Waals surface area contributed by atoms with E-state index in [0.717, 1.165) is 32.8 Å². The number of rotatable bonds is 7. The largest absolute Gasteiger partial charge is 0.380 e. The lowest BCUT2D eigenvalue weighted by Gasteiger charge is -2.31. The molecule has 15 heavy (non-hydrogen) atoms. The van der Waals surface area contributed by atoms with E-state index in [1.807, 2.05) is 6.92 Å². The van der Waals surface area contributed by atoms with Crippen LogP contribution in [0.25, 0.3) is 0 Å². The Morgan fingerprint density at radius 1 is 1.40 bits per heavy atom. The highest BCUT2D eigenvalue weighted by Crippen LogP contribution is 2.16. The summed E-state index contributed by atoms with van der Waals surface area (Å²) >= 11 is 0. The van der Waals surface area contributed by atoms with Gasteiger partial charge in [0.05, 0.1) is 18.8 Å². The maximum absolute atomic E-state index is 5.79. The molecule has 1 rings (SSSR count). The van der Waals surface area contributed by atoms with Gasteiger partial charge in [0.1, 0.15) is 0 Å². The minimum Gasteiger partial charge on any atom is -0.380 e. The fourth-order valence-corrected chi connectivity index (χ4v) is 1.96. The summed E-state index contributed by atoms with van der Waals surface area (Å²) in [5.74, 6) is 0. The Bertz CT molecular complexity index is 139. The molecule has 0 radical (unpaired) electrons. The van der Waals surface area contributed by atoms with Crippen molar-refractivity contribution in [2.75, 3.05) is 26.4 Å². The van der Waals surface area contributed by atoms with Crippen molar-refractivity contribution in [2.45, 2.75) is 51.7 Å². The van der Waals surface area contributed by atoms with E-state index < -0.39 is 0 Å². The van der Waals surface area contributed by atoms with Gasteiger partial charge in [-0.1, -0.05) is 6.92 Å². The maximum Gasteiger partial charge on any atom is 0.0750 e. The smallest absolute Gasteiger partial charge is 0.0750 e. The van der Waals surface area contributed by atoms with E-state index in [1.54, 1.807) is 0 Å². The minimum atomic E-state index is 0.358. The summed E-state index contributed by atoms with van der Waals surface area (Å²) in [7, 11) is 0. The third-order valence-electron chi connectivity index (χ3n) is 2.82. The second-order valence-electron chi connectivity index (χ2n) is 4.13. The summed E-state index contributed by atoms with van der Waals surface area (Å²) in [6.45, 7) is 7.77. The molecule has 2 atom stereocenters. The Balaban J connectivity index is 2.30. The molecule has 0 bridgehead atoms. The molecule has 0 aliphatic carbocycles. The van der Waals surface area contributed by atoms with Crippen LogP contribution in [0, 0.1) is 0 Å². The Morgan fingerprint density at radius 3 is 2.87 bits per heavy atom. The highest BCUT2D eigenvalue weighted by molar-refractivity contribution is 4.79. The van der Waals surface area contributed by atoms with E-state index in [-0.39, 0.29) is 0 Å². The van der Waals surface area contributed by atoms with E-state index in [2.05, 4.69) is 12.2 Å². The third-order valence-corrected chi connectivity index (χ3v) is 2.82. The molecule has 1 N–H and O–H groups in total. The van der Waals surface area contributed by atoms with Crippen molar-refractivity contribution in [3.05, 3.63) is 0 Å². The second-order valence-corrected chi connectivity index (χ2v) is 4.13. The van der Waals surface area contributed by atoms with Crippen LogP contribution in [-0.4, -0.2) is 38.5 Å². The first-order valence-corrected chi connectivity index (χ1v) is 6.31. The lowest BCUT2D eigenvalue weighted by Crippen LogP contribution is -2.46. The first-order chi connectivity index (χ1) is 7.38. The summed E-state index contributed by atoms with van der Waals surface area (Å²) in [6, 6.07) is 0.380. The van der Waals surface area contributed by atoms with Gasteiger partial charge in [0.2, 0.25) is 0 Å². The zero-order chi connectivity index (χ0) is 10.9. The Labute approximate surface area is 93.5 Å². The van der Waals surface area contributed by atoms with Crippen LogP contribution in [0.1, 0.15) is 39.5 Å². The lowest BCUT2D eigenvalue weighted by atomic mass is 10.0. The van der Waals surface area contributed by atoms with Crippen molar-refractivity contribution >= 4 is 0 Å². The van der Waals surface area contributed by atoms with Gasteiger partial charge in [0.15, 0.2) is 0 Å². The molecule has 1 aliphatic rings. The van der Waals surface area contributed by atoms with Crippen molar-refractivity contribution in [2.24, 2.45) is 0 Å². The molecule has 0 spiro atoms. The van der Waals surface area contributed by atoms with Gasteiger partial charge >= 0.3 is 0 Å². The fourth-order valence-electron chi connectivity index (χ4n) is 1.96. The van der Waals surface area contributed by atoms with Crippen molar-refractivity contribution in [3.8, 4) is 0 Å². The molecule has 0 aromatic carbocycles. The lowest BCUT2D eigenvalue weighted by molar-refractivity contribution is -0.0292.